The molecule has 0 bridgehead atoms. The second kappa shape index (κ2) is 6.78. The van der Waals surface area contributed by atoms with Crippen LogP contribution in [0.4, 0.5) is 26.3 Å². The van der Waals surface area contributed by atoms with E-state index in [1.54, 1.807) is 0 Å². The fraction of sp³-hybridized carbons (Fsp3) is 0.600. The van der Waals surface area contributed by atoms with Gasteiger partial charge in [0.15, 0.2) is 0 Å². The van der Waals surface area contributed by atoms with E-state index in [1.807, 2.05) is 0 Å². The highest BCUT2D eigenvalue weighted by molar-refractivity contribution is 5.87. The normalized spacial score (nSPS) is 13.5. The van der Waals surface area contributed by atoms with E-state index in [-0.39, 0.29) is 5.57 Å². The van der Waals surface area contributed by atoms with Gasteiger partial charge in [0.05, 0.1) is 6.54 Å². The zero-order valence-corrected chi connectivity index (χ0v) is 10.6. The van der Waals surface area contributed by atoms with Crippen LogP contribution in [0.2, 0.25) is 0 Å². The van der Waals surface area contributed by atoms with Crippen molar-refractivity contribution < 1.29 is 45.8 Å². The maximum atomic E-state index is 12.2. The maximum absolute atomic E-state index is 12.2. The summed E-state index contributed by atoms with van der Waals surface area (Å²) in [6.07, 6.45) is -14.8. The number of rotatable bonds is 5. The van der Waals surface area contributed by atoms with Crippen molar-refractivity contribution in [1.29, 1.82) is 0 Å². The number of esters is 1. The van der Waals surface area contributed by atoms with E-state index in [0.29, 0.717) is 0 Å². The molecule has 0 spiro atoms. The molecule has 0 saturated heterocycles. The minimum atomic E-state index is -5.62. The molecule has 21 heavy (non-hydrogen) atoms. The Morgan fingerprint density at radius 3 is 2.05 bits per heavy atom. The zero-order chi connectivity index (χ0) is 17.0. The van der Waals surface area contributed by atoms with E-state index in [9.17, 15) is 35.9 Å². The minimum Gasteiger partial charge on any atom is -0.460 e. The summed E-state index contributed by atoms with van der Waals surface area (Å²) in [5.41, 5.74) is -0.139. The van der Waals surface area contributed by atoms with Gasteiger partial charge in [0.25, 0.3) is 0 Å². The maximum Gasteiger partial charge on any atom is 0.471 e. The number of ether oxygens (including phenoxy) is 1. The highest BCUT2D eigenvalue weighted by Gasteiger charge is 2.51. The Labute approximate surface area is 114 Å². The third kappa shape index (κ3) is 6.02. The lowest BCUT2D eigenvalue weighted by Crippen LogP contribution is -2.54. The molecule has 0 aromatic heterocycles. The second-order valence-corrected chi connectivity index (χ2v) is 3.83. The van der Waals surface area contributed by atoms with Gasteiger partial charge in [-0.1, -0.05) is 6.58 Å². The molecule has 0 aliphatic carbocycles. The Hall–Kier alpha value is -1.78. The van der Waals surface area contributed by atoms with Crippen molar-refractivity contribution in [1.82, 2.24) is 4.90 Å². The number of amides is 1. The lowest BCUT2D eigenvalue weighted by Gasteiger charge is -2.29. The largest absolute Gasteiger partial charge is 0.471 e. The molecule has 0 rings (SSSR count). The Morgan fingerprint density at radius 1 is 1.24 bits per heavy atom. The molecule has 0 fully saturated rings. The SMILES string of the molecule is C=C(C)C(=O)OCCN(C(=O)C(F)(F)F)C(O)C(F)(F)F. The molecule has 0 aromatic rings. The van der Waals surface area contributed by atoms with E-state index in [0.717, 1.165) is 0 Å². The van der Waals surface area contributed by atoms with E-state index in [2.05, 4.69) is 11.3 Å². The summed E-state index contributed by atoms with van der Waals surface area (Å²) in [5, 5.41) is 8.78. The number of hydrogen-bond acceptors (Lipinski definition) is 4. The number of aliphatic hydroxyl groups is 1. The highest BCUT2D eigenvalue weighted by atomic mass is 19.4. The number of nitrogens with zero attached hydrogens (tertiary/aromatic N) is 1. The standard InChI is InChI=1S/C10H11F6NO4/c1-5(2)6(18)21-4-3-17(7(19)9(11,12)13)8(20)10(14,15)16/h7,19H,1,3-4H2,2H3. The molecular weight excluding hydrogens is 312 g/mol. The number of carbonyl (C=O) groups excluding carboxylic acids is 2. The number of alkyl halides is 6. The molecule has 1 atom stereocenters. The molecule has 5 nitrogen and oxygen atoms in total. The first-order valence-corrected chi connectivity index (χ1v) is 5.23. The Balaban J connectivity index is 4.96. The van der Waals surface area contributed by atoms with Gasteiger partial charge in [-0.05, 0) is 6.92 Å². The summed E-state index contributed by atoms with van der Waals surface area (Å²) in [5.74, 6) is -3.96. The highest BCUT2D eigenvalue weighted by Crippen LogP contribution is 2.27. The molecule has 122 valence electrons. The van der Waals surface area contributed by atoms with Crippen molar-refractivity contribution in [2.45, 2.75) is 25.5 Å². The molecule has 1 amide bonds. The first-order chi connectivity index (χ1) is 9.28. The van der Waals surface area contributed by atoms with Crippen molar-refractivity contribution in [3.63, 3.8) is 0 Å². The van der Waals surface area contributed by atoms with E-state index in [4.69, 9.17) is 5.11 Å². The van der Waals surface area contributed by atoms with Gasteiger partial charge in [-0.25, -0.2) is 4.79 Å². The van der Waals surface area contributed by atoms with Crippen LogP contribution in [0.1, 0.15) is 6.92 Å². The fourth-order valence-electron chi connectivity index (χ4n) is 1.03. The van der Waals surface area contributed by atoms with Crippen LogP contribution in [0, 0.1) is 0 Å². The molecule has 11 heteroatoms. The summed E-state index contributed by atoms with van der Waals surface area (Å²) >= 11 is 0. The average Bonchev–Trinajstić information content (AvgIpc) is 2.30. The zero-order valence-electron chi connectivity index (χ0n) is 10.6. The van der Waals surface area contributed by atoms with Crippen molar-refractivity contribution >= 4 is 11.9 Å². The van der Waals surface area contributed by atoms with Gasteiger partial charge in [0.1, 0.15) is 6.61 Å². The molecular formula is C10H11F6NO4. The molecule has 0 heterocycles. The number of aliphatic hydroxyl groups excluding tert-OH is 1. The molecule has 0 radical (unpaired) electrons. The van der Waals surface area contributed by atoms with Crippen LogP contribution >= 0.6 is 0 Å². The van der Waals surface area contributed by atoms with Crippen LogP contribution in [0.25, 0.3) is 0 Å². The number of hydrogen-bond donors (Lipinski definition) is 1. The average molecular weight is 323 g/mol. The van der Waals surface area contributed by atoms with Crippen molar-refractivity contribution in [3.05, 3.63) is 12.2 Å². The van der Waals surface area contributed by atoms with Crippen molar-refractivity contribution in [3.8, 4) is 0 Å². The van der Waals surface area contributed by atoms with Gasteiger partial charge in [0.2, 0.25) is 6.23 Å². The minimum absolute atomic E-state index is 0.139. The number of carbonyl (C=O) groups is 2. The summed E-state index contributed by atoms with van der Waals surface area (Å²) < 4.78 is 77.5. The van der Waals surface area contributed by atoms with Gasteiger partial charge in [0, 0.05) is 5.57 Å². The van der Waals surface area contributed by atoms with Crippen molar-refractivity contribution in [2.24, 2.45) is 0 Å². The van der Waals surface area contributed by atoms with Gasteiger partial charge in [-0.2, -0.15) is 26.3 Å². The summed E-state index contributed by atoms with van der Waals surface area (Å²) in [7, 11) is 0. The molecule has 0 saturated carbocycles. The third-order valence-corrected chi connectivity index (χ3v) is 2.01. The first kappa shape index (κ1) is 19.2. The predicted octanol–water partition coefficient (Wildman–Crippen LogP) is 1.38. The lowest BCUT2D eigenvalue weighted by molar-refractivity contribution is -0.259. The van der Waals surface area contributed by atoms with Crippen molar-refractivity contribution in [2.75, 3.05) is 13.2 Å². The van der Waals surface area contributed by atoms with Crippen LogP contribution in [-0.2, 0) is 14.3 Å². The predicted molar refractivity (Wildman–Crippen MR) is 55.6 cm³/mol. The molecule has 0 aromatic carbocycles. The first-order valence-electron chi connectivity index (χ1n) is 5.23. The van der Waals surface area contributed by atoms with Gasteiger partial charge >= 0.3 is 24.2 Å². The molecule has 1 unspecified atom stereocenters. The summed E-state index contributed by atoms with van der Waals surface area (Å²) in [6.45, 7) is 2.07. The summed E-state index contributed by atoms with van der Waals surface area (Å²) in [4.78, 5) is 20.9. The topological polar surface area (TPSA) is 66.8 Å². The van der Waals surface area contributed by atoms with Crippen LogP contribution in [0.15, 0.2) is 12.2 Å². The number of halogens is 6. The lowest BCUT2D eigenvalue weighted by atomic mass is 10.3. The van der Waals surface area contributed by atoms with Crippen LogP contribution in [0.3, 0.4) is 0 Å². The van der Waals surface area contributed by atoms with Crippen LogP contribution < -0.4 is 0 Å². The monoisotopic (exact) mass is 323 g/mol. The smallest absolute Gasteiger partial charge is 0.460 e. The van der Waals surface area contributed by atoms with Gasteiger partial charge in [-0.3, -0.25) is 9.69 Å². The third-order valence-electron chi connectivity index (χ3n) is 2.01. The quantitative estimate of drug-likeness (QED) is 0.359. The Bertz CT molecular complexity index is 417. The second-order valence-electron chi connectivity index (χ2n) is 3.83. The molecule has 0 aliphatic heterocycles. The molecule has 0 aliphatic rings. The van der Waals surface area contributed by atoms with E-state index >= 15 is 0 Å². The Kier molecular flexibility index (Phi) is 6.21. The fourth-order valence-corrected chi connectivity index (χ4v) is 1.03. The molecule has 1 N–H and O–H groups in total. The van der Waals surface area contributed by atoms with Crippen LogP contribution in [-0.4, -0.2) is 53.6 Å². The summed E-state index contributed by atoms with van der Waals surface area (Å²) in [6, 6.07) is 0. The Morgan fingerprint density at radius 2 is 1.71 bits per heavy atom. The van der Waals surface area contributed by atoms with E-state index < -0.39 is 48.5 Å². The van der Waals surface area contributed by atoms with Gasteiger partial charge in [-0.15, -0.1) is 0 Å². The van der Waals surface area contributed by atoms with Crippen LogP contribution in [0.5, 0.6) is 0 Å². The van der Waals surface area contributed by atoms with Gasteiger partial charge < -0.3 is 9.84 Å². The van der Waals surface area contributed by atoms with E-state index in [1.165, 1.54) is 6.92 Å².